The Morgan fingerprint density at radius 2 is 1.88 bits per heavy atom. The third-order valence-corrected chi connectivity index (χ3v) is 6.20. The normalized spacial score (nSPS) is 14.5. The van der Waals surface area contributed by atoms with Gasteiger partial charge in [-0.2, -0.15) is 0 Å². The van der Waals surface area contributed by atoms with Gasteiger partial charge in [-0.15, -0.1) is 0 Å². The molecule has 7 nitrogen and oxygen atoms in total. The fourth-order valence-electron chi connectivity index (χ4n) is 4.43. The molecule has 1 aliphatic rings. The van der Waals surface area contributed by atoms with Crippen LogP contribution in [0.5, 0.6) is 0 Å². The van der Waals surface area contributed by atoms with E-state index in [1.165, 1.54) is 0 Å². The predicted octanol–water partition coefficient (Wildman–Crippen LogP) is 5.03. The smallest absolute Gasteiger partial charge is 0.228 e. The molecule has 0 atom stereocenters. The molecule has 0 aliphatic carbocycles. The monoisotopic (exact) mass is 445 g/mol. The summed E-state index contributed by atoms with van der Waals surface area (Å²) in [6, 6.07) is 12.1. The number of ether oxygens (including phenoxy) is 1. The van der Waals surface area contributed by atoms with E-state index >= 15 is 0 Å². The minimum atomic E-state index is 0.553. The van der Waals surface area contributed by atoms with Gasteiger partial charge in [-0.1, -0.05) is 23.7 Å². The van der Waals surface area contributed by atoms with Crippen LogP contribution in [-0.2, 0) is 4.74 Å². The molecule has 0 saturated carbocycles. The lowest BCUT2D eigenvalue weighted by atomic mass is 10.1. The molecule has 2 aromatic carbocycles. The number of aromatic nitrogens is 4. The maximum absolute atomic E-state index is 6.44. The summed E-state index contributed by atoms with van der Waals surface area (Å²) in [5.41, 5.74) is 5.53. The quantitative estimate of drug-likeness (QED) is 0.388. The van der Waals surface area contributed by atoms with E-state index in [2.05, 4.69) is 31.6 Å². The number of benzene rings is 2. The van der Waals surface area contributed by atoms with Gasteiger partial charge >= 0.3 is 0 Å². The van der Waals surface area contributed by atoms with Crippen molar-refractivity contribution in [2.24, 2.45) is 0 Å². The molecule has 8 heteroatoms. The van der Waals surface area contributed by atoms with E-state index in [0.717, 1.165) is 57.8 Å². The van der Waals surface area contributed by atoms with E-state index in [-0.39, 0.29) is 0 Å². The SMILES string of the molecule is Cc1nc2c(-c3ncco3)cc(N3CCOCC3)cc2n1-c1ccnc2c(Cl)cccc12. The Bertz CT molecular complexity index is 1440. The fraction of sp³-hybridized carbons (Fsp3) is 0.208. The summed E-state index contributed by atoms with van der Waals surface area (Å²) in [4.78, 5) is 16.2. The summed E-state index contributed by atoms with van der Waals surface area (Å²) in [6.45, 7) is 5.08. The molecular formula is C24H20ClN5O2. The highest BCUT2D eigenvalue weighted by molar-refractivity contribution is 6.35. The first-order valence-corrected chi connectivity index (χ1v) is 10.9. The van der Waals surface area contributed by atoms with Gasteiger partial charge in [0, 0.05) is 30.4 Å². The number of rotatable bonds is 3. The summed E-state index contributed by atoms with van der Waals surface area (Å²) in [5, 5.41) is 1.60. The van der Waals surface area contributed by atoms with Crippen molar-refractivity contribution in [1.82, 2.24) is 19.5 Å². The number of imidazole rings is 1. The number of pyridine rings is 1. The second-order valence-corrected chi connectivity index (χ2v) is 8.17. The summed E-state index contributed by atoms with van der Waals surface area (Å²) < 4.78 is 13.4. The van der Waals surface area contributed by atoms with E-state index in [4.69, 9.17) is 25.7 Å². The number of morpholine rings is 1. The van der Waals surface area contributed by atoms with Crippen molar-refractivity contribution in [3.63, 3.8) is 0 Å². The average Bonchev–Trinajstić information content (AvgIpc) is 3.47. The average molecular weight is 446 g/mol. The number of hydrogen-bond acceptors (Lipinski definition) is 6. The van der Waals surface area contributed by atoms with Crippen LogP contribution in [0.3, 0.4) is 0 Å². The van der Waals surface area contributed by atoms with Crippen LogP contribution in [0.1, 0.15) is 5.82 Å². The van der Waals surface area contributed by atoms with Crippen LogP contribution in [0.15, 0.2) is 59.5 Å². The van der Waals surface area contributed by atoms with Crippen LogP contribution in [0.2, 0.25) is 5.02 Å². The van der Waals surface area contributed by atoms with Crippen LogP contribution in [-0.4, -0.2) is 45.8 Å². The highest BCUT2D eigenvalue weighted by atomic mass is 35.5. The zero-order chi connectivity index (χ0) is 21.7. The lowest BCUT2D eigenvalue weighted by molar-refractivity contribution is 0.122. The summed E-state index contributed by atoms with van der Waals surface area (Å²) in [7, 11) is 0. The van der Waals surface area contributed by atoms with E-state index < -0.39 is 0 Å². The van der Waals surface area contributed by atoms with Crippen molar-refractivity contribution in [2.45, 2.75) is 6.92 Å². The first kappa shape index (κ1) is 19.3. The second kappa shape index (κ2) is 7.62. The standard InChI is InChI=1S/C24H20ClN5O2/c1-15-28-23-18(24-27-7-10-32-24)13-16(29-8-11-31-12-9-29)14-21(23)30(15)20-5-6-26-22-17(20)3-2-4-19(22)25/h2-7,10,13-14H,8-9,11-12H2,1H3. The highest BCUT2D eigenvalue weighted by Gasteiger charge is 2.21. The molecular weight excluding hydrogens is 426 g/mol. The number of halogens is 1. The lowest BCUT2D eigenvalue weighted by Gasteiger charge is -2.29. The van der Waals surface area contributed by atoms with Gasteiger partial charge in [0.05, 0.1) is 46.7 Å². The molecule has 3 aromatic heterocycles. The minimum absolute atomic E-state index is 0.553. The number of oxazole rings is 1. The molecule has 0 amide bonds. The van der Waals surface area contributed by atoms with Crippen molar-refractivity contribution in [3.8, 4) is 17.1 Å². The van der Waals surface area contributed by atoms with Crippen LogP contribution >= 0.6 is 11.6 Å². The van der Waals surface area contributed by atoms with Crippen LogP contribution in [0, 0.1) is 6.92 Å². The topological polar surface area (TPSA) is 69.2 Å². The lowest BCUT2D eigenvalue weighted by Crippen LogP contribution is -2.36. The van der Waals surface area contributed by atoms with Gasteiger partial charge in [-0.05, 0) is 31.2 Å². The Morgan fingerprint density at radius 1 is 1.00 bits per heavy atom. The summed E-state index contributed by atoms with van der Waals surface area (Å²) in [6.07, 6.45) is 5.03. The fourth-order valence-corrected chi connectivity index (χ4v) is 4.65. The van der Waals surface area contributed by atoms with E-state index in [1.54, 1.807) is 18.7 Å². The highest BCUT2D eigenvalue weighted by Crippen LogP contribution is 2.36. The Morgan fingerprint density at radius 3 is 2.69 bits per heavy atom. The van der Waals surface area contributed by atoms with E-state index in [1.807, 2.05) is 31.2 Å². The molecule has 0 spiro atoms. The number of hydrogen-bond donors (Lipinski definition) is 0. The Kier molecular flexibility index (Phi) is 4.59. The molecule has 32 heavy (non-hydrogen) atoms. The zero-order valence-corrected chi connectivity index (χ0v) is 18.2. The van der Waals surface area contributed by atoms with Crippen molar-refractivity contribution in [2.75, 3.05) is 31.2 Å². The number of aryl methyl sites for hydroxylation is 1. The third-order valence-electron chi connectivity index (χ3n) is 5.89. The minimum Gasteiger partial charge on any atom is -0.444 e. The van der Waals surface area contributed by atoms with E-state index in [9.17, 15) is 0 Å². The Hall–Kier alpha value is -3.42. The molecule has 0 radical (unpaired) electrons. The Labute approximate surface area is 189 Å². The molecule has 1 fully saturated rings. The molecule has 0 unspecified atom stereocenters. The molecule has 1 saturated heterocycles. The largest absolute Gasteiger partial charge is 0.444 e. The maximum atomic E-state index is 6.44. The van der Waals surface area contributed by atoms with Gasteiger partial charge in [0.25, 0.3) is 0 Å². The van der Waals surface area contributed by atoms with Gasteiger partial charge in [-0.3, -0.25) is 9.55 Å². The molecule has 1 aliphatic heterocycles. The first-order valence-electron chi connectivity index (χ1n) is 10.5. The van der Waals surface area contributed by atoms with Gasteiger partial charge in [0.2, 0.25) is 5.89 Å². The van der Waals surface area contributed by atoms with Gasteiger partial charge in [0.15, 0.2) is 0 Å². The molecule has 4 heterocycles. The van der Waals surface area contributed by atoms with E-state index in [0.29, 0.717) is 24.1 Å². The van der Waals surface area contributed by atoms with Crippen molar-refractivity contribution in [1.29, 1.82) is 0 Å². The molecule has 160 valence electrons. The third kappa shape index (κ3) is 3.04. The maximum Gasteiger partial charge on any atom is 0.228 e. The molecule has 6 rings (SSSR count). The zero-order valence-electron chi connectivity index (χ0n) is 17.5. The van der Waals surface area contributed by atoms with Gasteiger partial charge in [0.1, 0.15) is 17.6 Å². The van der Waals surface area contributed by atoms with Crippen LogP contribution < -0.4 is 4.90 Å². The molecule has 0 bridgehead atoms. The van der Waals surface area contributed by atoms with Crippen molar-refractivity contribution >= 4 is 39.2 Å². The molecule has 5 aromatic rings. The van der Waals surface area contributed by atoms with Crippen molar-refractivity contribution < 1.29 is 9.15 Å². The predicted molar refractivity (Wildman–Crippen MR) is 125 cm³/mol. The summed E-state index contributed by atoms with van der Waals surface area (Å²) in [5.74, 6) is 1.41. The van der Waals surface area contributed by atoms with Gasteiger partial charge < -0.3 is 14.1 Å². The van der Waals surface area contributed by atoms with Gasteiger partial charge in [-0.25, -0.2) is 9.97 Å². The van der Waals surface area contributed by atoms with Crippen molar-refractivity contribution in [3.05, 3.63) is 65.9 Å². The first-order chi connectivity index (χ1) is 15.7. The number of para-hydroxylation sites is 1. The number of fused-ring (bicyclic) bond motifs is 2. The summed E-state index contributed by atoms with van der Waals surface area (Å²) >= 11 is 6.44. The molecule has 0 N–H and O–H groups in total. The number of nitrogens with zero attached hydrogens (tertiary/aromatic N) is 5. The van der Waals surface area contributed by atoms with Crippen LogP contribution in [0.4, 0.5) is 5.69 Å². The Balaban J connectivity index is 1.66. The number of anilines is 1. The van der Waals surface area contributed by atoms with Crippen LogP contribution in [0.25, 0.3) is 39.1 Å². The second-order valence-electron chi connectivity index (χ2n) is 7.76.